The van der Waals surface area contributed by atoms with Gasteiger partial charge in [0.1, 0.15) is 11.5 Å². The van der Waals surface area contributed by atoms with Crippen molar-refractivity contribution in [3.05, 3.63) is 154 Å². The van der Waals surface area contributed by atoms with Gasteiger partial charge in [0.25, 0.3) is 0 Å². The average Bonchev–Trinajstić information content (AvgIpc) is 3.09. The predicted molar refractivity (Wildman–Crippen MR) is 220 cm³/mol. The van der Waals surface area contributed by atoms with Crippen LogP contribution in [0.3, 0.4) is 0 Å². The Bertz CT molecular complexity index is 1860. The predicted octanol–water partition coefficient (Wildman–Crippen LogP) is 9.35. The van der Waals surface area contributed by atoms with Gasteiger partial charge >= 0.3 is 0 Å². The zero-order valence-corrected chi connectivity index (χ0v) is 32.9. The second-order valence-electron chi connectivity index (χ2n) is 13.3. The number of methoxy groups -OCH3 is 2. The van der Waals surface area contributed by atoms with Crippen molar-refractivity contribution in [1.29, 1.82) is 0 Å². The summed E-state index contributed by atoms with van der Waals surface area (Å²) in [4.78, 5) is 0. The molecule has 0 N–H and O–H groups in total. The molecule has 0 aliphatic carbocycles. The van der Waals surface area contributed by atoms with E-state index in [1.165, 1.54) is 76.3 Å². The highest BCUT2D eigenvalue weighted by Crippen LogP contribution is 2.49. The van der Waals surface area contributed by atoms with Crippen molar-refractivity contribution < 1.29 is 9.47 Å². The van der Waals surface area contributed by atoms with Crippen LogP contribution in [0, 0.1) is 55.4 Å². The van der Waals surface area contributed by atoms with Crippen LogP contribution in [0.25, 0.3) is 11.1 Å². The normalized spacial score (nSPS) is 11.4. The number of hydrogen-bond acceptors (Lipinski definition) is 2. The Hall–Kier alpha value is -4.22. The second kappa shape index (κ2) is 14.9. The van der Waals surface area contributed by atoms with E-state index in [1.54, 1.807) is 14.2 Å². The molecule has 0 radical (unpaired) electrons. The highest BCUT2D eigenvalue weighted by molar-refractivity contribution is 7.81. The third-order valence-electron chi connectivity index (χ3n) is 9.83. The molecule has 0 amide bonds. The van der Waals surface area contributed by atoms with E-state index in [4.69, 9.17) is 9.47 Å². The molecule has 6 aromatic rings. The molecule has 254 valence electrons. The summed E-state index contributed by atoms with van der Waals surface area (Å²) < 4.78 is 12.8. The molecule has 0 heterocycles. The molecule has 6 aromatic carbocycles. The van der Waals surface area contributed by atoms with Crippen LogP contribution in [0.15, 0.2) is 109 Å². The molecule has 4 heteroatoms. The number of aryl methyl sites for hydroxylation is 8. The lowest BCUT2D eigenvalue weighted by Gasteiger charge is -2.32. The molecule has 0 aromatic heterocycles. The minimum atomic E-state index is -1.01. The Morgan fingerprint density at radius 1 is 0.320 bits per heavy atom. The summed E-state index contributed by atoms with van der Waals surface area (Å²) in [6.45, 7) is 18.1. The lowest BCUT2D eigenvalue weighted by Crippen LogP contribution is -2.31. The topological polar surface area (TPSA) is 18.5 Å². The zero-order chi connectivity index (χ0) is 35.7. The van der Waals surface area contributed by atoms with Gasteiger partial charge in [0.2, 0.25) is 0 Å². The molecule has 50 heavy (non-hydrogen) atoms. The van der Waals surface area contributed by atoms with Gasteiger partial charge in [-0.3, -0.25) is 0 Å². The molecule has 2 nitrogen and oxygen atoms in total. The van der Waals surface area contributed by atoms with Gasteiger partial charge < -0.3 is 9.47 Å². The summed E-state index contributed by atoms with van der Waals surface area (Å²) in [5.74, 6) is 1.72. The number of hydrogen-bond donors (Lipinski definition) is 0. The summed E-state index contributed by atoms with van der Waals surface area (Å²) in [5.41, 5.74) is 12.7. The summed E-state index contributed by atoms with van der Waals surface area (Å²) in [6.07, 6.45) is 0. The zero-order valence-electron chi connectivity index (χ0n) is 31.1. The fourth-order valence-corrected chi connectivity index (χ4v) is 13.8. The number of rotatable bonds is 9. The van der Waals surface area contributed by atoms with E-state index in [9.17, 15) is 0 Å². The molecule has 0 bridgehead atoms. The summed E-state index contributed by atoms with van der Waals surface area (Å²) in [5, 5.41) is 8.15. The standard InChI is InChI=1S/C46H48O2P2/c1-29-17-11-18-30(2)43(29)49(44-31(3)19-12-20-32(44)4)39-27-15-25-37(47-9)41(39)42-38(48-10)26-16-28-40(42)50(45-33(5)21-13-22-34(45)6)46-35(7)23-14-24-36(46)8/h11-28H,1-10H3. The van der Waals surface area contributed by atoms with Crippen LogP contribution in [0.1, 0.15) is 44.5 Å². The van der Waals surface area contributed by atoms with Crippen LogP contribution < -0.4 is 41.3 Å². The van der Waals surface area contributed by atoms with Crippen molar-refractivity contribution >= 4 is 47.7 Å². The van der Waals surface area contributed by atoms with Crippen LogP contribution in [0.2, 0.25) is 0 Å². The average molecular weight is 695 g/mol. The first-order valence-corrected chi connectivity index (χ1v) is 20.0. The Kier molecular flexibility index (Phi) is 10.6. The van der Waals surface area contributed by atoms with Crippen molar-refractivity contribution in [1.82, 2.24) is 0 Å². The third kappa shape index (κ3) is 6.41. The molecule has 0 saturated carbocycles. The van der Waals surface area contributed by atoms with Gasteiger partial charge in [0.15, 0.2) is 0 Å². The highest BCUT2D eigenvalue weighted by atomic mass is 31.1. The van der Waals surface area contributed by atoms with Crippen LogP contribution in [0.5, 0.6) is 11.5 Å². The Balaban J connectivity index is 1.81. The first-order chi connectivity index (χ1) is 24.1. The van der Waals surface area contributed by atoms with Gasteiger partial charge in [0.05, 0.1) is 14.2 Å². The smallest absolute Gasteiger partial charge is 0.127 e. The summed E-state index contributed by atoms with van der Waals surface area (Å²) in [6, 6.07) is 40.1. The van der Waals surface area contributed by atoms with Gasteiger partial charge in [-0.1, -0.05) is 97.1 Å². The Morgan fingerprint density at radius 3 is 0.760 bits per heavy atom. The van der Waals surface area contributed by atoms with Crippen molar-refractivity contribution in [2.24, 2.45) is 0 Å². The van der Waals surface area contributed by atoms with Gasteiger partial charge in [0, 0.05) is 11.1 Å². The number of ether oxygens (including phenoxy) is 2. The monoisotopic (exact) mass is 694 g/mol. The van der Waals surface area contributed by atoms with E-state index in [1.807, 2.05) is 0 Å². The van der Waals surface area contributed by atoms with E-state index in [-0.39, 0.29) is 0 Å². The minimum absolute atomic E-state index is 0.858. The minimum Gasteiger partial charge on any atom is -0.496 e. The quantitative estimate of drug-likeness (QED) is 0.141. The van der Waals surface area contributed by atoms with E-state index in [0.29, 0.717) is 0 Å². The van der Waals surface area contributed by atoms with Crippen molar-refractivity contribution in [2.75, 3.05) is 14.2 Å². The van der Waals surface area contributed by atoms with Crippen molar-refractivity contribution in [3.63, 3.8) is 0 Å². The molecule has 0 aliphatic rings. The van der Waals surface area contributed by atoms with Gasteiger partial charge in [-0.05, 0) is 160 Å². The van der Waals surface area contributed by atoms with Crippen molar-refractivity contribution in [2.45, 2.75) is 55.4 Å². The van der Waals surface area contributed by atoms with E-state index < -0.39 is 15.8 Å². The van der Waals surface area contributed by atoms with Gasteiger partial charge in [-0.15, -0.1) is 0 Å². The number of benzene rings is 6. The maximum Gasteiger partial charge on any atom is 0.127 e. The van der Waals surface area contributed by atoms with Crippen LogP contribution in [-0.2, 0) is 0 Å². The Morgan fingerprint density at radius 2 is 0.540 bits per heavy atom. The first kappa shape index (κ1) is 35.6. The lowest BCUT2D eigenvalue weighted by molar-refractivity contribution is 0.411. The van der Waals surface area contributed by atoms with Gasteiger partial charge in [-0.25, -0.2) is 0 Å². The highest BCUT2D eigenvalue weighted by Gasteiger charge is 2.33. The fourth-order valence-electron chi connectivity index (χ4n) is 7.59. The van der Waals surface area contributed by atoms with Crippen LogP contribution >= 0.6 is 15.8 Å². The first-order valence-electron chi connectivity index (χ1n) is 17.3. The third-order valence-corrected chi connectivity index (χ3v) is 16.2. The summed E-state index contributed by atoms with van der Waals surface area (Å²) in [7, 11) is 1.59. The van der Waals surface area contributed by atoms with Gasteiger partial charge in [-0.2, -0.15) is 0 Å². The molecular weight excluding hydrogens is 646 g/mol. The molecule has 0 atom stereocenters. The van der Waals surface area contributed by atoms with E-state index in [2.05, 4.69) is 165 Å². The Labute approximate surface area is 302 Å². The fraction of sp³-hybridized carbons (Fsp3) is 0.217. The SMILES string of the molecule is COc1cccc(P(c2c(C)cccc2C)c2c(C)cccc2C)c1-c1c(OC)cccc1P(c1c(C)cccc1C)c1c(C)cccc1C. The lowest BCUT2D eigenvalue weighted by atomic mass is 10.0. The molecule has 0 saturated heterocycles. The van der Waals surface area contributed by atoms with E-state index in [0.717, 1.165) is 22.6 Å². The van der Waals surface area contributed by atoms with Crippen molar-refractivity contribution in [3.8, 4) is 22.6 Å². The maximum atomic E-state index is 6.39. The van der Waals surface area contributed by atoms with E-state index >= 15 is 0 Å². The molecule has 0 fully saturated rings. The summed E-state index contributed by atoms with van der Waals surface area (Å²) >= 11 is 0. The van der Waals surface area contributed by atoms with Crippen LogP contribution in [-0.4, -0.2) is 14.2 Å². The maximum absolute atomic E-state index is 6.39. The second-order valence-corrected chi connectivity index (χ2v) is 17.4. The molecule has 0 unspecified atom stereocenters. The van der Waals surface area contributed by atoms with Crippen LogP contribution in [0.4, 0.5) is 0 Å². The molecule has 0 spiro atoms. The molecule has 6 rings (SSSR count). The molecule has 0 aliphatic heterocycles. The molecular formula is C46H48O2P2. The largest absolute Gasteiger partial charge is 0.496 e.